The van der Waals surface area contributed by atoms with Crippen LogP contribution in [-0.4, -0.2) is 71.6 Å². The second-order valence-corrected chi connectivity index (χ2v) is 10.7. The van der Waals surface area contributed by atoms with Gasteiger partial charge in [0.1, 0.15) is 0 Å². The molecule has 1 saturated carbocycles. The number of carbonyl (C=O) groups excluding carboxylic acids is 2. The lowest BCUT2D eigenvalue weighted by molar-refractivity contribution is -0.133. The number of ether oxygens (including phenoxy) is 1. The first-order valence-electron chi connectivity index (χ1n) is 13.1. The Labute approximate surface area is 198 Å². The van der Waals surface area contributed by atoms with Crippen LogP contribution in [-0.2, 0) is 21.5 Å². The van der Waals surface area contributed by atoms with Crippen molar-refractivity contribution in [3.8, 4) is 0 Å². The van der Waals surface area contributed by atoms with E-state index in [1.54, 1.807) is 0 Å². The summed E-state index contributed by atoms with van der Waals surface area (Å²) in [5, 5.41) is 0. The fourth-order valence-electron chi connectivity index (χ4n) is 7.10. The Hall–Kier alpha value is -2.08. The number of fused-ring (bicyclic) bond motifs is 6. The van der Waals surface area contributed by atoms with Crippen molar-refractivity contribution in [2.75, 3.05) is 32.8 Å². The minimum Gasteiger partial charge on any atom is -0.450 e. The second-order valence-electron chi connectivity index (χ2n) is 10.7. The second kappa shape index (κ2) is 9.28. The molecule has 4 fully saturated rings. The summed E-state index contributed by atoms with van der Waals surface area (Å²) in [6.07, 6.45) is 7.26. The smallest absolute Gasteiger partial charge is 0.410 e. The van der Waals surface area contributed by atoms with Gasteiger partial charge in [-0.3, -0.25) is 4.79 Å². The fourth-order valence-corrected chi connectivity index (χ4v) is 7.10. The summed E-state index contributed by atoms with van der Waals surface area (Å²) in [6.45, 7) is 8.93. The fraction of sp³-hybridized carbons (Fsp3) is 0.704. The average molecular weight is 454 g/mol. The molecule has 1 aromatic carbocycles. The maximum atomic E-state index is 12.6. The van der Waals surface area contributed by atoms with Gasteiger partial charge in [0.25, 0.3) is 0 Å². The van der Waals surface area contributed by atoms with Crippen molar-refractivity contribution in [1.29, 1.82) is 0 Å². The van der Waals surface area contributed by atoms with E-state index in [1.165, 1.54) is 24.0 Å². The van der Waals surface area contributed by atoms with Crippen molar-refractivity contribution in [2.24, 2.45) is 5.92 Å². The Morgan fingerprint density at radius 1 is 1.06 bits per heavy atom. The van der Waals surface area contributed by atoms with E-state index in [0.29, 0.717) is 31.0 Å². The van der Waals surface area contributed by atoms with Crippen molar-refractivity contribution in [3.05, 3.63) is 35.4 Å². The predicted molar refractivity (Wildman–Crippen MR) is 128 cm³/mol. The van der Waals surface area contributed by atoms with Crippen LogP contribution in [0.2, 0.25) is 0 Å². The molecule has 4 heterocycles. The Bertz CT molecular complexity index is 879. The minimum atomic E-state index is -0.120. The van der Waals surface area contributed by atoms with E-state index in [1.807, 2.05) is 18.7 Å². The summed E-state index contributed by atoms with van der Waals surface area (Å²) in [6, 6.07) is 9.66. The van der Waals surface area contributed by atoms with Crippen molar-refractivity contribution in [2.45, 2.75) is 82.8 Å². The largest absolute Gasteiger partial charge is 0.450 e. The van der Waals surface area contributed by atoms with Crippen LogP contribution in [0.25, 0.3) is 0 Å². The monoisotopic (exact) mass is 453 g/mol. The third-order valence-corrected chi connectivity index (χ3v) is 8.83. The molecule has 3 atom stereocenters. The third-order valence-electron chi connectivity index (χ3n) is 8.83. The normalized spacial score (nSPS) is 29.0. The molecule has 2 bridgehead atoms. The van der Waals surface area contributed by atoms with E-state index in [2.05, 4.69) is 34.1 Å². The number of hydrogen-bond donors (Lipinski definition) is 0. The first-order valence-corrected chi connectivity index (χ1v) is 13.1. The summed E-state index contributed by atoms with van der Waals surface area (Å²) in [5.74, 6) is 0.854. The maximum Gasteiger partial charge on any atom is 0.410 e. The third kappa shape index (κ3) is 4.27. The van der Waals surface area contributed by atoms with Gasteiger partial charge in [-0.1, -0.05) is 31.2 Å². The maximum absolute atomic E-state index is 12.6. The van der Waals surface area contributed by atoms with Crippen LogP contribution >= 0.6 is 0 Å². The lowest BCUT2D eigenvalue weighted by Gasteiger charge is -2.50. The summed E-state index contributed by atoms with van der Waals surface area (Å²) >= 11 is 0. The number of nitrogens with zero attached hydrogens (tertiary/aromatic N) is 3. The molecule has 0 radical (unpaired) electrons. The molecule has 6 nitrogen and oxygen atoms in total. The lowest BCUT2D eigenvalue weighted by atomic mass is 9.68. The number of carbonyl (C=O) groups is 2. The van der Waals surface area contributed by atoms with Crippen LogP contribution in [0.3, 0.4) is 0 Å². The van der Waals surface area contributed by atoms with E-state index in [0.717, 1.165) is 58.4 Å². The zero-order valence-corrected chi connectivity index (χ0v) is 20.3. The molecule has 180 valence electrons. The molecule has 6 heteroatoms. The van der Waals surface area contributed by atoms with Crippen LogP contribution in [0.4, 0.5) is 4.79 Å². The number of benzene rings is 1. The molecule has 3 unspecified atom stereocenters. The summed E-state index contributed by atoms with van der Waals surface area (Å²) < 4.78 is 5.36. The van der Waals surface area contributed by atoms with Crippen LogP contribution in [0, 0.1) is 5.92 Å². The molecule has 2 amide bonds. The highest BCUT2D eigenvalue weighted by Gasteiger charge is 2.46. The van der Waals surface area contributed by atoms with Crippen LogP contribution in [0.5, 0.6) is 0 Å². The molecule has 1 aliphatic carbocycles. The van der Waals surface area contributed by atoms with Gasteiger partial charge in [-0.05, 0) is 75.6 Å². The summed E-state index contributed by atoms with van der Waals surface area (Å²) in [5.41, 5.74) is 2.88. The van der Waals surface area contributed by atoms with Crippen molar-refractivity contribution in [3.63, 3.8) is 0 Å². The topological polar surface area (TPSA) is 53.1 Å². The quantitative estimate of drug-likeness (QED) is 0.689. The van der Waals surface area contributed by atoms with Gasteiger partial charge in [0.2, 0.25) is 5.91 Å². The van der Waals surface area contributed by atoms with Crippen molar-refractivity contribution < 1.29 is 14.3 Å². The molecule has 0 N–H and O–H groups in total. The number of piperidine rings is 2. The lowest BCUT2D eigenvalue weighted by Crippen LogP contribution is -2.55. The first-order chi connectivity index (χ1) is 16.0. The molecule has 0 aromatic heterocycles. The number of hydrogen-bond acceptors (Lipinski definition) is 4. The van der Waals surface area contributed by atoms with Gasteiger partial charge in [0.05, 0.1) is 6.61 Å². The number of amides is 2. The van der Waals surface area contributed by atoms with Gasteiger partial charge >= 0.3 is 6.09 Å². The van der Waals surface area contributed by atoms with Crippen LogP contribution < -0.4 is 0 Å². The molecule has 5 aliphatic rings. The molecule has 6 rings (SSSR count). The molecule has 3 saturated heterocycles. The van der Waals surface area contributed by atoms with Crippen molar-refractivity contribution >= 4 is 12.0 Å². The van der Waals surface area contributed by atoms with E-state index in [9.17, 15) is 9.59 Å². The molecule has 33 heavy (non-hydrogen) atoms. The molecular formula is C27H39N3O3. The molecule has 4 aliphatic heterocycles. The highest BCUT2D eigenvalue weighted by atomic mass is 16.6. The molecular weight excluding hydrogens is 414 g/mol. The van der Waals surface area contributed by atoms with Gasteiger partial charge in [-0.25, -0.2) is 4.79 Å². The van der Waals surface area contributed by atoms with E-state index < -0.39 is 0 Å². The summed E-state index contributed by atoms with van der Waals surface area (Å²) in [4.78, 5) is 32.0. The average Bonchev–Trinajstić information content (AvgIpc) is 3.16. The Morgan fingerprint density at radius 3 is 2.61 bits per heavy atom. The Kier molecular flexibility index (Phi) is 6.39. The highest BCUT2D eigenvalue weighted by molar-refractivity contribution is 5.76. The number of rotatable bonds is 3. The van der Waals surface area contributed by atoms with Crippen LogP contribution in [0.15, 0.2) is 24.3 Å². The zero-order valence-electron chi connectivity index (χ0n) is 20.3. The Balaban J connectivity index is 1.30. The minimum absolute atomic E-state index is 0.0802. The van der Waals surface area contributed by atoms with Gasteiger partial charge < -0.3 is 19.4 Å². The van der Waals surface area contributed by atoms with Gasteiger partial charge in [-0.15, -0.1) is 0 Å². The van der Waals surface area contributed by atoms with E-state index in [4.69, 9.17) is 4.74 Å². The molecule has 1 aromatic rings. The first kappa shape index (κ1) is 22.7. The predicted octanol–water partition coefficient (Wildman–Crippen LogP) is 4.17. The van der Waals surface area contributed by atoms with Gasteiger partial charge in [0, 0.05) is 43.6 Å². The number of likely N-dealkylation sites (tertiary alicyclic amines) is 1. The van der Waals surface area contributed by atoms with Crippen LogP contribution in [0.1, 0.15) is 69.9 Å². The zero-order chi connectivity index (χ0) is 23.0. The summed E-state index contributed by atoms with van der Waals surface area (Å²) in [7, 11) is 0. The van der Waals surface area contributed by atoms with E-state index >= 15 is 0 Å². The Morgan fingerprint density at radius 2 is 1.85 bits per heavy atom. The van der Waals surface area contributed by atoms with Gasteiger partial charge in [-0.2, -0.15) is 0 Å². The van der Waals surface area contributed by atoms with Gasteiger partial charge in [0.15, 0.2) is 0 Å². The SMILES string of the molecule is CCOC(=O)N1CC2CCC1CC(N1CCC3(CC1)CN(C(=O)CC)Cc1ccccc13)C2. The standard InChI is InChI=1S/C27H39N3O3/c1-3-25(31)29-18-21-7-5-6-8-24(21)27(19-29)11-13-28(14-12-27)23-15-20-9-10-22(16-23)30(17-20)26(32)33-4-2/h5-8,20,22-23H,3-4,9-19H2,1-2H3. The highest BCUT2D eigenvalue weighted by Crippen LogP contribution is 2.44. The molecule has 1 spiro atoms. The van der Waals surface area contributed by atoms with E-state index in [-0.39, 0.29) is 17.4 Å². The van der Waals surface area contributed by atoms with Crippen molar-refractivity contribution in [1.82, 2.24) is 14.7 Å².